The van der Waals surface area contributed by atoms with E-state index < -0.39 is 21.7 Å². The second-order valence-electron chi connectivity index (χ2n) is 6.49. The van der Waals surface area contributed by atoms with E-state index >= 15 is 0 Å². The molecule has 0 bridgehead atoms. The van der Waals surface area contributed by atoms with Crippen molar-refractivity contribution in [3.05, 3.63) is 96.3 Å². The molecule has 0 radical (unpaired) electrons. The Balaban J connectivity index is 0.000000189. The van der Waals surface area contributed by atoms with E-state index in [2.05, 4.69) is 15.4 Å². The zero-order valence-corrected chi connectivity index (χ0v) is 17.7. The van der Waals surface area contributed by atoms with Crippen molar-refractivity contribution in [2.24, 2.45) is 5.14 Å². The van der Waals surface area contributed by atoms with Gasteiger partial charge in [0.15, 0.2) is 0 Å². The van der Waals surface area contributed by atoms with E-state index in [0.29, 0.717) is 11.4 Å². The highest BCUT2D eigenvalue weighted by molar-refractivity contribution is 7.89. The lowest BCUT2D eigenvalue weighted by atomic mass is 10.2. The molecule has 0 atom stereocenters. The molecule has 12 heteroatoms. The average molecular weight is 472 g/mol. The molecule has 0 amide bonds. The molecular weight excluding hydrogens is 454 g/mol. The first kappa shape index (κ1) is 23.5. The van der Waals surface area contributed by atoms with Gasteiger partial charge in [0.1, 0.15) is 18.0 Å². The molecular formula is C21H18F2N6O3S. The van der Waals surface area contributed by atoms with Gasteiger partial charge >= 0.3 is 0 Å². The number of benzene rings is 3. The zero-order valence-electron chi connectivity index (χ0n) is 16.9. The average Bonchev–Trinajstić information content (AvgIpc) is 3.21. The smallest absolute Gasteiger partial charge is 0.284 e. The van der Waals surface area contributed by atoms with Crippen molar-refractivity contribution in [1.29, 1.82) is 0 Å². The van der Waals surface area contributed by atoms with E-state index in [9.17, 15) is 22.0 Å². The number of aromatic nitrogens is 3. The molecule has 4 rings (SSSR count). The first-order chi connectivity index (χ1) is 15.7. The van der Waals surface area contributed by atoms with Gasteiger partial charge in [-0.1, -0.05) is 24.3 Å². The van der Waals surface area contributed by atoms with E-state index in [-0.39, 0.29) is 22.2 Å². The number of hydrogen-bond donors (Lipinski definition) is 3. The summed E-state index contributed by atoms with van der Waals surface area (Å²) in [6.45, 7) is 0. The number of nitrogens with two attached hydrogens (primary N) is 2. The number of primary sulfonamides is 1. The lowest BCUT2D eigenvalue weighted by molar-refractivity contribution is 0.0943. The highest BCUT2D eigenvalue weighted by Gasteiger charge is 2.16. The predicted molar refractivity (Wildman–Crippen MR) is 118 cm³/mol. The normalized spacial score (nSPS) is 10.8. The summed E-state index contributed by atoms with van der Waals surface area (Å²) < 4.78 is 49.6. The van der Waals surface area contributed by atoms with Crippen LogP contribution in [0.25, 0.3) is 0 Å². The fourth-order valence-corrected chi connectivity index (χ4v) is 3.12. The van der Waals surface area contributed by atoms with Gasteiger partial charge in [0.2, 0.25) is 16.0 Å². The van der Waals surface area contributed by atoms with E-state index in [4.69, 9.17) is 10.9 Å². The number of sulfonamides is 1. The van der Waals surface area contributed by atoms with Crippen LogP contribution in [0.3, 0.4) is 0 Å². The Hall–Kier alpha value is -4.16. The summed E-state index contributed by atoms with van der Waals surface area (Å²) in [7, 11) is -3.70. The van der Waals surface area contributed by atoms with Gasteiger partial charge in [0.25, 0.3) is 5.91 Å². The van der Waals surface area contributed by atoms with Crippen molar-refractivity contribution in [1.82, 2.24) is 14.8 Å². The van der Waals surface area contributed by atoms with Crippen LogP contribution in [0.5, 0.6) is 0 Å². The Labute approximate surface area is 187 Å². The minimum atomic E-state index is -3.70. The number of nitrogens with one attached hydrogen (secondary N) is 1. The fourth-order valence-electron chi connectivity index (χ4n) is 2.60. The molecule has 33 heavy (non-hydrogen) atoms. The second-order valence-corrected chi connectivity index (χ2v) is 8.05. The summed E-state index contributed by atoms with van der Waals surface area (Å²) in [5.74, 6) is -1.70. The van der Waals surface area contributed by atoms with Crippen molar-refractivity contribution in [3.8, 4) is 0 Å². The first-order valence-electron chi connectivity index (χ1n) is 9.26. The number of nitrogen functional groups attached to an aromatic ring is 1. The molecule has 0 saturated carbocycles. The maximum absolute atomic E-state index is 13.4. The van der Waals surface area contributed by atoms with Crippen LogP contribution in [0.1, 0.15) is 10.4 Å². The maximum atomic E-state index is 13.4. The molecule has 0 fully saturated rings. The summed E-state index contributed by atoms with van der Waals surface area (Å²) in [5, 5.41) is 11.4. The van der Waals surface area contributed by atoms with Gasteiger partial charge in [-0.25, -0.2) is 22.3 Å². The molecule has 5 N–H and O–H groups in total. The summed E-state index contributed by atoms with van der Waals surface area (Å²) >= 11 is 0. The Morgan fingerprint density at radius 1 is 0.909 bits per heavy atom. The standard InChI is InChI=1S/C12H11FN2O2S.C9H7FN4O/c13-11-3-1-2-4-12(11)15-9-5-7-10(8-6-9)18(14,16)17;10-7-4-2-1-3-6(7)8(15)14-9(11)12-5-13-14/h1-8,15H,(H2,14,16,17);1-5H,(H2,11,12,13). The topological polar surface area (TPSA) is 146 Å². The third-order valence-electron chi connectivity index (χ3n) is 4.21. The number of carbonyl (C=O) groups excluding carboxylic acids is 1. The minimum absolute atomic E-state index is 0.0154. The van der Waals surface area contributed by atoms with E-state index in [1.165, 1.54) is 48.5 Å². The van der Waals surface area contributed by atoms with Crippen molar-refractivity contribution in [2.75, 3.05) is 11.1 Å². The Bertz CT molecular complexity index is 1370. The summed E-state index contributed by atoms with van der Waals surface area (Å²) in [6, 6.07) is 17.6. The molecule has 3 aromatic carbocycles. The van der Waals surface area contributed by atoms with Crippen molar-refractivity contribution in [3.63, 3.8) is 0 Å². The SMILES string of the molecule is NS(=O)(=O)c1ccc(Nc2ccccc2F)cc1.Nc1ncnn1C(=O)c1ccccc1F. The van der Waals surface area contributed by atoms with Crippen LogP contribution in [-0.2, 0) is 10.0 Å². The van der Waals surface area contributed by atoms with Gasteiger partial charge in [0.05, 0.1) is 16.1 Å². The third kappa shape index (κ3) is 5.96. The molecule has 0 saturated heterocycles. The number of halogens is 2. The summed E-state index contributed by atoms with van der Waals surface area (Å²) in [6.07, 6.45) is 1.13. The fraction of sp³-hybridized carbons (Fsp3) is 0. The number of hydrogen-bond acceptors (Lipinski definition) is 7. The molecule has 1 aromatic heterocycles. The Morgan fingerprint density at radius 2 is 1.52 bits per heavy atom. The molecule has 0 aliphatic heterocycles. The van der Waals surface area contributed by atoms with Crippen molar-refractivity contribution < 1.29 is 22.0 Å². The molecule has 0 unspecified atom stereocenters. The molecule has 170 valence electrons. The molecule has 0 aliphatic rings. The van der Waals surface area contributed by atoms with Crippen LogP contribution in [0, 0.1) is 11.6 Å². The molecule has 9 nitrogen and oxygen atoms in total. The lowest BCUT2D eigenvalue weighted by Gasteiger charge is -2.07. The van der Waals surface area contributed by atoms with Crippen LogP contribution in [0.2, 0.25) is 0 Å². The van der Waals surface area contributed by atoms with Gasteiger partial charge in [-0.05, 0) is 48.5 Å². The van der Waals surface area contributed by atoms with E-state index in [1.54, 1.807) is 24.3 Å². The zero-order chi connectivity index (χ0) is 24.0. The van der Waals surface area contributed by atoms with E-state index in [1.807, 2.05) is 0 Å². The number of carbonyl (C=O) groups is 1. The van der Waals surface area contributed by atoms with Gasteiger partial charge in [0, 0.05) is 5.69 Å². The number of para-hydroxylation sites is 1. The second kappa shape index (κ2) is 9.97. The summed E-state index contributed by atoms with van der Waals surface area (Å²) in [5.41, 5.74) is 6.18. The van der Waals surface area contributed by atoms with Crippen LogP contribution in [-0.4, -0.2) is 29.1 Å². The molecule has 0 spiro atoms. The van der Waals surface area contributed by atoms with Crippen LogP contribution < -0.4 is 16.2 Å². The van der Waals surface area contributed by atoms with Crippen molar-refractivity contribution >= 4 is 33.3 Å². The van der Waals surface area contributed by atoms with Crippen LogP contribution in [0.4, 0.5) is 26.1 Å². The van der Waals surface area contributed by atoms with Gasteiger partial charge in [-0.15, -0.1) is 0 Å². The summed E-state index contributed by atoms with van der Waals surface area (Å²) in [4.78, 5) is 15.3. The van der Waals surface area contributed by atoms with Crippen LogP contribution in [0.15, 0.2) is 84.0 Å². The molecule has 0 aliphatic carbocycles. The monoisotopic (exact) mass is 472 g/mol. The quantitative estimate of drug-likeness (QED) is 0.414. The van der Waals surface area contributed by atoms with Gasteiger partial charge in [-0.2, -0.15) is 14.8 Å². The van der Waals surface area contributed by atoms with E-state index in [0.717, 1.165) is 11.0 Å². The minimum Gasteiger partial charge on any atom is -0.368 e. The maximum Gasteiger partial charge on any atom is 0.284 e. The number of rotatable bonds is 4. The van der Waals surface area contributed by atoms with Gasteiger partial charge < -0.3 is 11.1 Å². The first-order valence-corrected chi connectivity index (χ1v) is 10.8. The third-order valence-corrected chi connectivity index (χ3v) is 5.14. The predicted octanol–water partition coefficient (Wildman–Crippen LogP) is 2.90. The highest BCUT2D eigenvalue weighted by atomic mass is 32.2. The molecule has 4 aromatic rings. The van der Waals surface area contributed by atoms with Crippen LogP contribution >= 0.6 is 0 Å². The highest BCUT2D eigenvalue weighted by Crippen LogP contribution is 2.20. The Kier molecular flexibility index (Phi) is 7.10. The molecule has 1 heterocycles. The van der Waals surface area contributed by atoms with Crippen molar-refractivity contribution in [2.45, 2.75) is 4.90 Å². The number of nitrogens with zero attached hydrogens (tertiary/aromatic N) is 3. The number of anilines is 3. The Morgan fingerprint density at radius 3 is 2.06 bits per heavy atom. The largest absolute Gasteiger partial charge is 0.368 e. The lowest BCUT2D eigenvalue weighted by Crippen LogP contribution is -2.17. The van der Waals surface area contributed by atoms with Gasteiger partial charge in [-0.3, -0.25) is 4.79 Å².